The van der Waals surface area contributed by atoms with Crippen molar-refractivity contribution in [3.05, 3.63) is 23.2 Å². The Morgan fingerprint density at radius 3 is 2.90 bits per heavy atom. The van der Waals surface area contributed by atoms with Crippen molar-refractivity contribution in [2.75, 3.05) is 6.79 Å². The van der Waals surface area contributed by atoms with E-state index in [1.54, 1.807) is 18.2 Å². The van der Waals surface area contributed by atoms with E-state index in [4.69, 9.17) is 21.1 Å². The van der Waals surface area contributed by atoms with Gasteiger partial charge in [0.2, 0.25) is 6.79 Å². The second kappa shape index (κ2) is 2.06. The number of hydrogen-bond donors (Lipinski definition) is 0. The molecule has 1 aromatic carbocycles. The van der Waals surface area contributed by atoms with Crippen LogP contribution < -0.4 is 9.47 Å². The first-order valence-electron chi connectivity index (χ1n) is 2.91. The van der Waals surface area contributed by atoms with E-state index in [2.05, 4.69) is 0 Å². The van der Waals surface area contributed by atoms with Gasteiger partial charge in [0.15, 0.2) is 11.5 Å². The van der Waals surface area contributed by atoms with Gasteiger partial charge in [0.25, 0.3) is 0 Å². The highest BCUT2D eigenvalue weighted by molar-refractivity contribution is 6.30. The number of benzene rings is 1. The van der Waals surface area contributed by atoms with Crippen LogP contribution in [0.3, 0.4) is 0 Å². The van der Waals surface area contributed by atoms with Crippen LogP contribution in [0.4, 0.5) is 0 Å². The third kappa shape index (κ3) is 0.809. The molecule has 1 aromatic rings. The molecule has 52 valence electrons. The van der Waals surface area contributed by atoms with Crippen LogP contribution in [0.15, 0.2) is 18.2 Å². The maximum Gasteiger partial charge on any atom is 0.231 e. The maximum absolute atomic E-state index is 5.69. The Bertz CT molecular complexity index is 260. The lowest BCUT2D eigenvalue weighted by Crippen LogP contribution is -1.92. The van der Waals surface area contributed by atoms with Crippen molar-refractivity contribution < 1.29 is 9.47 Å². The zero-order valence-electron chi connectivity index (χ0n) is 5.13. The summed E-state index contributed by atoms with van der Waals surface area (Å²) >= 11 is 5.69. The molecule has 0 radical (unpaired) electrons. The molecule has 0 bridgehead atoms. The van der Waals surface area contributed by atoms with E-state index >= 15 is 0 Å². The predicted octanol–water partition coefficient (Wildman–Crippen LogP) is 2.07. The predicted molar refractivity (Wildman–Crippen MR) is 37.6 cm³/mol. The van der Waals surface area contributed by atoms with Crippen LogP contribution in [-0.4, -0.2) is 6.79 Å². The lowest BCUT2D eigenvalue weighted by molar-refractivity contribution is 0.174. The van der Waals surface area contributed by atoms with Crippen LogP contribution in [0.5, 0.6) is 11.5 Å². The van der Waals surface area contributed by atoms with E-state index in [1.165, 1.54) is 0 Å². The number of hydrogen-bond acceptors (Lipinski definition) is 2. The summed E-state index contributed by atoms with van der Waals surface area (Å²) in [5, 5.41) is 0.671. The summed E-state index contributed by atoms with van der Waals surface area (Å²) in [7, 11) is 0. The highest BCUT2D eigenvalue weighted by atomic mass is 35.5. The number of halogens is 1. The van der Waals surface area contributed by atoms with Crippen molar-refractivity contribution in [3.63, 3.8) is 0 Å². The van der Waals surface area contributed by atoms with Crippen molar-refractivity contribution in [1.82, 2.24) is 0 Å². The number of rotatable bonds is 0. The first-order chi connectivity index (χ1) is 4.86. The Labute approximate surface area is 63.3 Å². The molecule has 0 aliphatic carbocycles. The molecule has 0 spiro atoms. The standard InChI is InChI=1S/C7H5ClO2/c8-5-1-2-6-7(3-5)10-4-9-6/h1-3H,4H2. The van der Waals surface area contributed by atoms with E-state index in [0.717, 1.165) is 11.5 Å². The average molecular weight is 157 g/mol. The van der Waals surface area contributed by atoms with E-state index < -0.39 is 0 Å². The molecule has 0 atom stereocenters. The molecular formula is C7H5ClO2. The van der Waals surface area contributed by atoms with Crippen molar-refractivity contribution in [2.24, 2.45) is 0 Å². The first kappa shape index (κ1) is 5.86. The Kier molecular flexibility index (Phi) is 1.21. The highest BCUT2D eigenvalue weighted by Crippen LogP contribution is 2.33. The average Bonchev–Trinajstić information content (AvgIpc) is 2.33. The largest absolute Gasteiger partial charge is 0.454 e. The van der Waals surface area contributed by atoms with Crippen molar-refractivity contribution in [3.8, 4) is 11.5 Å². The highest BCUT2D eigenvalue weighted by Gasteiger charge is 2.11. The third-order valence-electron chi connectivity index (χ3n) is 1.33. The number of ether oxygens (including phenoxy) is 2. The minimum Gasteiger partial charge on any atom is -0.454 e. The molecule has 0 amide bonds. The van der Waals surface area contributed by atoms with Gasteiger partial charge in [0.05, 0.1) is 0 Å². The Morgan fingerprint density at radius 2 is 2.00 bits per heavy atom. The van der Waals surface area contributed by atoms with Crippen LogP contribution in [0.2, 0.25) is 5.02 Å². The Hall–Kier alpha value is -0.890. The molecule has 0 fully saturated rings. The third-order valence-corrected chi connectivity index (χ3v) is 1.57. The Balaban J connectivity index is 2.52. The lowest BCUT2D eigenvalue weighted by atomic mass is 10.3. The zero-order valence-corrected chi connectivity index (χ0v) is 5.89. The second-order valence-corrected chi connectivity index (χ2v) is 2.43. The second-order valence-electron chi connectivity index (χ2n) is 2.00. The summed E-state index contributed by atoms with van der Waals surface area (Å²) in [5.74, 6) is 1.50. The summed E-state index contributed by atoms with van der Waals surface area (Å²) in [6, 6.07) is 5.31. The maximum atomic E-state index is 5.69. The SMILES string of the molecule is Clc1ccc2c(c1)OCO2. The van der Waals surface area contributed by atoms with Gasteiger partial charge in [0, 0.05) is 11.1 Å². The topological polar surface area (TPSA) is 18.5 Å². The zero-order chi connectivity index (χ0) is 6.97. The normalized spacial score (nSPS) is 13.7. The summed E-state index contributed by atoms with van der Waals surface area (Å²) in [4.78, 5) is 0. The van der Waals surface area contributed by atoms with E-state index in [1.807, 2.05) is 0 Å². The van der Waals surface area contributed by atoms with Crippen LogP contribution in [-0.2, 0) is 0 Å². The van der Waals surface area contributed by atoms with Crippen molar-refractivity contribution >= 4 is 11.6 Å². The van der Waals surface area contributed by atoms with Crippen molar-refractivity contribution in [2.45, 2.75) is 0 Å². The molecule has 1 heterocycles. The summed E-state index contributed by atoms with van der Waals surface area (Å²) in [6.45, 7) is 0.301. The molecule has 1 aliphatic heterocycles. The van der Waals surface area contributed by atoms with Gasteiger partial charge < -0.3 is 9.47 Å². The molecule has 1 aliphatic rings. The summed E-state index contributed by atoms with van der Waals surface area (Å²) < 4.78 is 10.1. The summed E-state index contributed by atoms with van der Waals surface area (Å²) in [6.07, 6.45) is 0. The molecule has 3 heteroatoms. The molecule has 0 saturated carbocycles. The molecule has 0 aromatic heterocycles. The van der Waals surface area contributed by atoms with E-state index in [-0.39, 0.29) is 0 Å². The van der Waals surface area contributed by atoms with Crippen LogP contribution in [0, 0.1) is 0 Å². The minimum absolute atomic E-state index is 0.301. The molecule has 2 rings (SSSR count). The van der Waals surface area contributed by atoms with Gasteiger partial charge in [0.1, 0.15) is 0 Å². The molecule has 10 heavy (non-hydrogen) atoms. The molecule has 0 N–H and O–H groups in total. The fourth-order valence-corrected chi connectivity index (χ4v) is 1.03. The quantitative estimate of drug-likeness (QED) is 0.573. The van der Waals surface area contributed by atoms with Crippen LogP contribution in [0.25, 0.3) is 0 Å². The van der Waals surface area contributed by atoms with Crippen LogP contribution >= 0.6 is 11.6 Å². The fraction of sp³-hybridized carbons (Fsp3) is 0.143. The van der Waals surface area contributed by atoms with Gasteiger partial charge >= 0.3 is 0 Å². The van der Waals surface area contributed by atoms with Gasteiger partial charge in [-0.1, -0.05) is 11.6 Å². The molecule has 2 nitrogen and oxygen atoms in total. The van der Waals surface area contributed by atoms with Gasteiger partial charge in [-0.2, -0.15) is 0 Å². The van der Waals surface area contributed by atoms with Gasteiger partial charge in [-0.15, -0.1) is 0 Å². The first-order valence-corrected chi connectivity index (χ1v) is 3.29. The van der Waals surface area contributed by atoms with Crippen molar-refractivity contribution in [1.29, 1.82) is 0 Å². The van der Waals surface area contributed by atoms with Gasteiger partial charge in [-0.25, -0.2) is 0 Å². The minimum atomic E-state index is 0.301. The van der Waals surface area contributed by atoms with Gasteiger partial charge in [-0.05, 0) is 12.1 Å². The lowest BCUT2D eigenvalue weighted by Gasteiger charge is -1.93. The summed E-state index contributed by atoms with van der Waals surface area (Å²) in [5.41, 5.74) is 0. The smallest absolute Gasteiger partial charge is 0.231 e. The molecule has 0 unspecified atom stereocenters. The van der Waals surface area contributed by atoms with E-state index in [0.29, 0.717) is 11.8 Å². The van der Waals surface area contributed by atoms with E-state index in [9.17, 15) is 0 Å². The van der Waals surface area contributed by atoms with Crippen LogP contribution in [0.1, 0.15) is 0 Å². The number of fused-ring (bicyclic) bond motifs is 1. The Morgan fingerprint density at radius 1 is 1.20 bits per heavy atom. The monoisotopic (exact) mass is 156 g/mol. The molecule has 0 saturated heterocycles. The molecular weight excluding hydrogens is 152 g/mol. The van der Waals surface area contributed by atoms with Gasteiger partial charge in [-0.3, -0.25) is 0 Å². The fourth-order valence-electron chi connectivity index (χ4n) is 0.870.